The monoisotopic (exact) mass is 436 g/mol. The average Bonchev–Trinajstić information content (AvgIpc) is 2.07. The van der Waals surface area contributed by atoms with E-state index in [0.717, 1.165) is 19.3 Å². The van der Waals surface area contributed by atoms with E-state index in [1.165, 1.54) is 0 Å². The molecule has 10 heteroatoms. The molecule has 18 heavy (non-hydrogen) atoms. The summed E-state index contributed by atoms with van der Waals surface area (Å²) in [6, 6.07) is 0. The van der Waals surface area contributed by atoms with Gasteiger partial charge in [-0.25, -0.2) is 9.13 Å². The van der Waals surface area contributed by atoms with Crippen molar-refractivity contribution in [3.8, 4) is 0 Å². The summed E-state index contributed by atoms with van der Waals surface area (Å²) in [5, 5.41) is 0. The van der Waals surface area contributed by atoms with Gasteiger partial charge in [0.25, 0.3) is 0 Å². The lowest BCUT2D eigenvalue weighted by Gasteiger charge is -2.04. The van der Waals surface area contributed by atoms with Crippen LogP contribution in [0.25, 0.3) is 0 Å². The SMILES string of the molecule is CC(C)OP(=O)(F)Br.CCCCCOP(=O)(F)Br. The Morgan fingerprint density at radius 2 is 1.61 bits per heavy atom. The van der Waals surface area contributed by atoms with Crippen molar-refractivity contribution < 1.29 is 26.6 Å². The smallest absolute Gasteiger partial charge is 0.297 e. The molecule has 0 aromatic heterocycles. The fraction of sp³-hybridized carbons (Fsp3) is 1.00. The fourth-order valence-corrected chi connectivity index (χ4v) is 3.04. The van der Waals surface area contributed by atoms with Gasteiger partial charge < -0.3 is 0 Å². The summed E-state index contributed by atoms with van der Waals surface area (Å²) >= 11 is 4.54. The summed E-state index contributed by atoms with van der Waals surface area (Å²) in [4.78, 5) is 0. The highest BCUT2D eigenvalue weighted by Gasteiger charge is 2.17. The summed E-state index contributed by atoms with van der Waals surface area (Å²) in [5.74, 6) is 0. The topological polar surface area (TPSA) is 52.6 Å². The Labute approximate surface area is 123 Å². The molecule has 0 aromatic carbocycles. The third-order valence-corrected chi connectivity index (χ3v) is 3.59. The first-order valence-electron chi connectivity index (χ1n) is 5.29. The van der Waals surface area contributed by atoms with Crippen molar-refractivity contribution in [2.24, 2.45) is 0 Å². The minimum Gasteiger partial charge on any atom is -0.297 e. The highest BCUT2D eigenvalue weighted by Crippen LogP contribution is 2.57. The lowest BCUT2D eigenvalue weighted by Crippen LogP contribution is -1.94. The van der Waals surface area contributed by atoms with Crippen molar-refractivity contribution in [2.75, 3.05) is 6.61 Å². The molecule has 0 aliphatic rings. The van der Waals surface area contributed by atoms with Crippen LogP contribution in [0.5, 0.6) is 0 Å². The van der Waals surface area contributed by atoms with Crippen molar-refractivity contribution in [2.45, 2.75) is 46.1 Å². The van der Waals surface area contributed by atoms with E-state index >= 15 is 0 Å². The molecule has 0 aliphatic heterocycles. The van der Waals surface area contributed by atoms with Crippen LogP contribution in [-0.4, -0.2) is 12.7 Å². The second-order valence-corrected chi connectivity index (χ2v) is 10.7. The summed E-state index contributed by atoms with van der Waals surface area (Å²) in [5.41, 5.74) is 0. The van der Waals surface area contributed by atoms with Gasteiger partial charge in [0.15, 0.2) is 0 Å². The van der Waals surface area contributed by atoms with Crippen LogP contribution in [0.3, 0.4) is 0 Å². The molecule has 2 unspecified atom stereocenters. The van der Waals surface area contributed by atoms with Gasteiger partial charge in [-0.2, -0.15) is 0 Å². The Morgan fingerprint density at radius 1 is 1.11 bits per heavy atom. The summed E-state index contributed by atoms with van der Waals surface area (Å²) in [6.45, 7) is 5.47. The first-order chi connectivity index (χ1) is 7.98. The molecule has 0 radical (unpaired) electrons. The molecule has 112 valence electrons. The fourth-order valence-electron chi connectivity index (χ4n) is 0.768. The zero-order valence-electron chi connectivity index (χ0n) is 10.4. The van der Waals surface area contributed by atoms with E-state index in [1.807, 2.05) is 6.92 Å². The Balaban J connectivity index is 0. The third-order valence-electron chi connectivity index (χ3n) is 1.32. The van der Waals surface area contributed by atoms with E-state index in [0.29, 0.717) is 0 Å². The Bertz CT molecular complexity index is 293. The zero-order chi connectivity index (χ0) is 14.8. The Morgan fingerprint density at radius 3 is 1.83 bits per heavy atom. The van der Waals surface area contributed by atoms with Crippen LogP contribution in [0.2, 0.25) is 0 Å². The number of hydrogen-bond acceptors (Lipinski definition) is 4. The molecule has 2 atom stereocenters. The maximum Gasteiger partial charge on any atom is 0.432 e. The number of unbranched alkanes of at least 4 members (excludes halogenated alkanes) is 2. The first kappa shape index (κ1) is 21.5. The molecular weight excluding hydrogens is 420 g/mol. The predicted molar refractivity (Wildman–Crippen MR) is 77.0 cm³/mol. The van der Waals surface area contributed by atoms with Gasteiger partial charge in [-0.05, 0) is 20.3 Å². The van der Waals surface area contributed by atoms with Gasteiger partial charge in [0.05, 0.1) is 43.7 Å². The lowest BCUT2D eigenvalue weighted by molar-refractivity contribution is 0.236. The molecular formula is C8H18Br2F2O4P2. The van der Waals surface area contributed by atoms with Gasteiger partial charge in [0.1, 0.15) is 0 Å². The van der Waals surface area contributed by atoms with Gasteiger partial charge in [-0.15, -0.1) is 8.39 Å². The minimum absolute atomic E-state index is 0.229. The van der Waals surface area contributed by atoms with Crippen LogP contribution in [0.15, 0.2) is 0 Å². The Kier molecular flexibility index (Phi) is 13.0. The average molecular weight is 438 g/mol. The van der Waals surface area contributed by atoms with E-state index in [4.69, 9.17) is 0 Å². The van der Waals surface area contributed by atoms with E-state index in [-0.39, 0.29) is 12.7 Å². The van der Waals surface area contributed by atoms with E-state index in [1.54, 1.807) is 13.8 Å². The maximum absolute atomic E-state index is 12.1. The van der Waals surface area contributed by atoms with Crippen LogP contribution in [0.1, 0.15) is 40.0 Å². The summed E-state index contributed by atoms with van der Waals surface area (Å²) in [7, 11) is 0. The largest absolute Gasteiger partial charge is 0.432 e. The number of rotatable bonds is 7. The molecule has 0 N–H and O–H groups in total. The van der Waals surface area contributed by atoms with Crippen LogP contribution in [0.4, 0.5) is 8.39 Å². The number of halogens is 4. The molecule has 0 saturated heterocycles. The van der Waals surface area contributed by atoms with Gasteiger partial charge in [-0.3, -0.25) is 9.05 Å². The quantitative estimate of drug-likeness (QED) is 0.334. The molecule has 0 aromatic rings. The zero-order valence-corrected chi connectivity index (χ0v) is 15.4. The molecule has 0 aliphatic carbocycles. The normalized spacial score (nSPS) is 17.6. The van der Waals surface area contributed by atoms with Gasteiger partial charge >= 0.3 is 12.8 Å². The Hall–Kier alpha value is 1.20. The summed E-state index contributed by atoms with van der Waals surface area (Å²) < 4.78 is 52.8. The molecule has 0 fully saturated rings. The second-order valence-electron chi connectivity index (χ2n) is 3.52. The van der Waals surface area contributed by atoms with E-state index in [9.17, 15) is 17.5 Å². The lowest BCUT2D eigenvalue weighted by atomic mass is 10.3. The highest BCUT2D eigenvalue weighted by molar-refractivity contribution is 9.39. The maximum atomic E-state index is 12.1. The van der Waals surface area contributed by atoms with Crippen LogP contribution in [-0.2, 0) is 18.2 Å². The molecule has 4 nitrogen and oxygen atoms in total. The molecule has 0 spiro atoms. The second kappa shape index (κ2) is 10.9. The van der Waals surface area contributed by atoms with Crippen molar-refractivity contribution >= 4 is 43.7 Å². The third kappa shape index (κ3) is 25.9. The molecule has 0 bridgehead atoms. The molecule has 0 rings (SSSR count). The molecule has 0 amide bonds. The molecule has 0 heterocycles. The van der Waals surface area contributed by atoms with Crippen molar-refractivity contribution in [1.82, 2.24) is 0 Å². The van der Waals surface area contributed by atoms with Gasteiger partial charge in [-0.1, -0.05) is 19.8 Å². The van der Waals surface area contributed by atoms with Crippen molar-refractivity contribution in [3.05, 3.63) is 0 Å². The van der Waals surface area contributed by atoms with E-state index in [2.05, 4.69) is 40.0 Å². The van der Waals surface area contributed by atoms with E-state index < -0.39 is 12.8 Å². The van der Waals surface area contributed by atoms with Crippen molar-refractivity contribution in [1.29, 1.82) is 0 Å². The number of hydrogen-bond donors (Lipinski definition) is 0. The van der Waals surface area contributed by atoms with Crippen molar-refractivity contribution in [3.63, 3.8) is 0 Å². The minimum atomic E-state index is -3.91. The van der Waals surface area contributed by atoms with Gasteiger partial charge in [0, 0.05) is 0 Å². The van der Waals surface area contributed by atoms with Crippen LogP contribution >= 0.6 is 43.7 Å². The standard InChI is InChI=1S/C5H11BrFO2P.C3H7BrFO2P/c1-2-3-4-5-9-10(6,7)8;1-3(2)7-8(4,5)6/h2-5H2,1H3;3H,1-2H3. The van der Waals surface area contributed by atoms with Crippen LogP contribution < -0.4 is 0 Å². The highest BCUT2D eigenvalue weighted by atomic mass is 79.9. The summed E-state index contributed by atoms with van der Waals surface area (Å²) in [6.07, 6.45) is -5.36. The molecule has 0 saturated carbocycles. The van der Waals surface area contributed by atoms with Gasteiger partial charge in [0.2, 0.25) is 0 Å². The van der Waals surface area contributed by atoms with Crippen LogP contribution in [0, 0.1) is 0 Å². The first-order valence-corrected chi connectivity index (χ1v) is 12.4. The predicted octanol–water partition coefficient (Wildman–Crippen LogP) is 6.55.